The molecule has 3 aromatic rings. The number of nitriles is 1. The van der Waals surface area contributed by atoms with E-state index in [0.717, 1.165) is 23.4 Å². The standard InChI is InChI=1S/C21H21N5O3/c1-13-17(14(2)26-21(24-13)15(11-22)12-23-26)5-7-20(27)25-16-4-6-18-19(10-16)29-9-3-8-28-18/h4,6,10,12H,3,5,7-9H2,1-2H3,(H,25,27). The molecule has 1 aromatic carbocycles. The van der Waals surface area contributed by atoms with Crippen LogP contribution in [0.3, 0.4) is 0 Å². The largest absolute Gasteiger partial charge is 0.490 e. The van der Waals surface area contributed by atoms with E-state index in [2.05, 4.69) is 21.5 Å². The fourth-order valence-electron chi connectivity index (χ4n) is 3.45. The smallest absolute Gasteiger partial charge is 0.224 e. The predicted octanol–water partition coefficient (Wildman–Crippen LogP) is 2.95. The van der Waals surface area contributed by atoms with Gasteiger partial charge in [0, 0.05) is 36.0 Å². The first-order valence-electron chi connectivity index (χ1n) is 9.50. The molecule has 0 unspecified atom stereocenters. The molecule has 1 aliphatic heterocycles. The van der Waals surface area contributed by atoms with Crippen molar-refractivity contribution in [2.24, 2.45) is 0 Å². The van der Waals surface area contributed by atoms with Crippen molar-refractivity contribution < 1.29 is 14.3 Å². The van der Waals surface area contributed by atoms with Gasteiger partial charge in [-0.25, -0.2) is 9.50 Å². The lowest BCUT2D eigenvalue weighted by Crippen LogP contribution is -2.14. The third-order valence-electron chi connectivity index (χ3n) is 4.96. The second-order valence-corrected chi connectivity index (χ2v) is 6.93. The van der Waals surface area contributed by atoms with Crippen LogP contribution in [0.5, 0.6) is 11.5 Å². The van der Waals surface area contributed by atoms with Gasteiger partial charge in [-0.05, 0) is 38.0 Å². The van der Waals surface area contributed by atoms with E-state index in [1.54, 1.807) is 10.6 Å². The SMILES string of the molecule is Cc1nc2c(C#N)cnn2c(C)c1CCC(=O)Nc1ccc2c(c1)OCCCO2. The zero-order valence-corrected chi connectivity index (χ0v) is 16.4. The van der Waals surface area contributed by atoms with Crippen LogP contribution in [-0.4, -0.2) is 33.7 Å². The molecule has 0 spiro atoms. The average Bonchev–Trinajstić information content (AvgIpc) is 2.97. The minimum absolute atomic E-state index is 0.100. The molecule has 8 nitrogen and oxygen atoms in total. The van der Waals surface area contributed by atoms with E-state index in [1.807, 2.05) is 26.0 Å². The van der Waals surface area contributed by atoms with Crippen molar-refractivity contribution >= 4 is 17.2 Å². The Hall–Kier alpha value is -3.60. The molecule has 29 heavy (non-hydrogen) atoms. The number of anilines is 1. The maximum Gasteiger partial charge on any atom is 0.224 e. The van der Waals surface area contributed by atoms with Gasteiger partial charge in [0.2, 0.25) is 5.91 Å². The summed E-state index contributed by atoms with van der Waals surface area (Å²) < 4.78 is 12.9. The highest BCUT2D eigenvalue weighted by molar-refractivity contribution is 5.91. The number of aryl methyl sites for hydroxylation is 2. The lowest BCUT2D eigenvalue weighted by molar-refractivity contribution is -0.116. The molecule has 0 aliphatic carbocycles. The van der Waals surface area contributed by atoms with E-state index in [1.165, 1.54) is 6.20 Å². The normalized spacial score (nSPS) is 13.0. The lowest BCUT2D eigenvalue weighted by atomic mass is 10.1. The molecular weight excluding hydrogens is 370 g/mol. The van der Waals surface area contributed by atoms with E-state index in [0.29, 0.717) is 54.5 Å². The Labute approximate surface area is 168 Å². The summed E-state index contributed by atoms with van der Waals surface area (Å²) in [6.07, 6.45) is 3.17. The minimum atomic E-state index is -0.100. The van der Waals surface area contributed by atoms with Crippen LogP contribution in [0.4, 0.5) is 5.69 Å². The Morgan fingerprint density at radius 1 is 1.28 bits per heavy atom. The first-order valence-corrected chi connectivity index (χ1v) is 9.50. The van der Waals surface area contributed by atoms with Gasteiger partial charge in [-0.3, -0.25) is 4.79 Å². The van der Waals surface area contributed by atoms with Gasteiger partial charge in [0.15, 0.2) is 17.1 Å². The second-order valence-electron chi connectivity index (χ2n) is 6.93. The van der Waals surface area contributed by atoms with Gasteiger partial charge in [0.1, 0.15) is 11.6 Å². The maximum atomic E-state index is 12.5. The third-order valence-corrected chi connectivity index (χ3v) is 4.96. The number of carbonyl (C=O) groups excluding carboxylic acids is 1. The Kier molecular flexibility index (Phi) is 5.04. The van der Waals surface area contributed by atoms with Crippen LogP contribution in [0.15, 0.2) is 24.4 Å². The van der Waals surface area contributed by atoms with E-state index in [9.17, 15) is 4.79 Å². The molecule has 2 aromatic heterocycles. The van der Waals surface area contributed by atoms with Gasteiger partial charge in [0.05, 0.1) is 19.4 Å². The van der Waals surface area contributed by atoms with Crippen molar-refractivity contribution in [1.82, 2.24) is 14.6 Å². The van der Waals surface area contributed by atoms with Crippen molar-refractivity contribution in [3.05, 3.63) is 46.9 Å². The van der Waals surface area contributed by atoms with Gasteiger partial charge in [0.25, 0.3) is 0 Å². The molecule has 0 fully saturated rings. The monoisotopic (exact) mass is 391 g/mol. The minimum Gasteiger partial charge on any atom is -0.490 e. The number of nitrogens with one attached hydrogen (secondary N) is 1. The summed E-state index contributed by atoms with van der Waals surface area (Å²) >= 11 is 0. The molecule has 4 rings (SSSR count). The Bertz CT molecular complexity index is 1130. The number of fused-ring (bicyclic) bond motifs is 2. The maximum absolute atomic E-state index is 12.5. The van der Waals surface area contributed by atoms with Crippen LogP contribution >= 0.6 is 0 Å². The van der Waals surface area contributed by atoms with Crippen LogP contribution in [0.25, 0.3) is 5.65 Å². The fraction of sp³-hybridized carbons (Fsp3) is 0.333. The molecule has 3 heterocycles. The Morgan fingerprint density at radius 3 is 2.86 bits per heavy atom. The number of hydrogen-bond donors (Lipinski definition) is 1. The topological polar surface area (TPSA) is 102 Å². The number of benzene rings is 1. The van der Waals surface area contributed by atoms with Gasteiger partial charge >= 0.3 is 0 Å². The summed E-state index contributed by atoms with van der Waals surface area (Å²) in [7, 11) is 0. The molecule has 0 saturated heterocycles. The number of hydrogen-bond acceptors (Lipinski definition) is 6. The average molecular weight is 391 g/mol. The molecular formula is C21H21N5O3. The molecule has 8 heteroatoms. The summed E-state index contributed by atoms with van der Waals surface area (Å²) in [6, 6.07) is 7.51. The van der Waals surface area contributed by atoms with Crippen molar-refractivity contribution in [3.8, 4) is 17.6 Å². The van der Waals surface area contributed by atoms with Crippen LogP contribution in [0.2, 0.25) is 0 Å². The van der Waals surface area contributed by atoms with Crippen LogP contribution in [0.1, 0.15) is 35.4 Å². The first-order chi connectivity index (χ1) is 14.1. The van der Waals surface area contributed by atoms with Crippen LogP contribution in [-0.2, 0) is 11.2 Å². The van der Waals surface area contributed by atoms with Crippen molar-refractivity contribution in [2.45, 2.75) is 33.1 Å². The zero-order chi connectivity index (χ0) is 20.4. The number of amides is 1. The summed E-state index contributed by atoms with van der Waals surface area (Å²) in [5, 5.41) is 16.3. The Balaban J connectivity index is 1.46. The second kappa shape index (κ2) is 7.80. The van der Waals surface area contributed by atoms with Crippen LogP contribution < -0.4 is 14.8 Å². The van der Waals surface area contributed by atoms with E-state index < -0.39 is 0 Å². The number of rotatable bonds is 4. The quantitative estimate of drug-likeness (QED) is 0.734. The van der Waals surface area contributed by atoms with Crippen LogP contribution in [0, 0.1) is 25.2 Å². The number of ether oxygens (including phenoxy) is 2. The number of carbonyl (C=O) groups is 1. The molecule has 1 amide bonds. The molecule has 0 bridgehead atoms. The van der Waals surface area contributed by atoms with Crippen molar-refractivity contribution in [3.63, 3.8) is 0 Å². The molecule has 1 N–H and O–H groups in total. The molecule has 0 radical (unpaired) electrons. The highest BCUT2D eigenvalue weighted by atomic mass is 16.5. The predicted molar refractivity (Wildman–Crippen MR) is 106 cm³/mol. The highest BCUT2D eigenvalue weighted by Gasteiger charge is 2.16. The Morgan fingerprint density at radius 2 is 2.07 bits per heavy atom. The van der Waals surface area contributed by atoms with Gasteiger partial charge in [-0.2, -0.15) is 10.4 Å². The molecule has 0 atom stereocenters. The first kappa shape index (κ1) is 18.7. The third kappa shape index (κ3) is 3.72. The summed E-state index contributed by atoms with van der Waals surface area (Å²) in [4.78, 5) is 17.0. The highest BCUT2D eigenvalue weighted by Crippen LogP contribution is 2.32. The van der Waals surface area contributed by atoms with Gasteiger partial charge < -0.3 is 14.8 Å². The number of aromatic nitrogens is 3. The summed E-state index contributed by atoms with van der Waals surface area (Å²) in [6.45, 7) is 5.03. The van der Waals surface area contributed by atoms with Gasteiger partial charge in [-0.1, -0.05) is 0 Å². The van der Waals surface area contributed by atoms with Crippen molar-refractivity contribution in [2.75, 3.05) is 18.5 Å². The fourth-order valence-corrected chi connectivity index (χ4v) is 3.45. The molecule has 0 saturated carbocycles. The number of nitrogens with zero attached hydrogens (tertiary/aromatic N) is 4. The van der Waals surface area contributed by atoms with E-state index in [4.69, 9.17) is 14.7 Å². The molecule has 1 aliphatic rings. The molecule has 148 valence electrons. The zero-order valence-electron chi connectivity index (χ0n) is 16.4. The van der Waals surface area contributed by atoms with E-state index in [-0.39, 0.29) is 5.91 Å². The lowest BCUT2D eigenvalue weighted by Gasteiger charge is -2.12. The van der Waals surface area contributed by atoms with Crippen molar-refractivity contribution in [1.29, 1.82) is 5.26 Å². The summed E-state index contributed by atoms with van der Waals surface area (Å²) in [5.74, 6) is 1.24. The summed E-state index contributed by atoms with van der Waals surface area (Å²) in [5.41, 5.74) is 4.30. The van der Waals surface area contributed by atoms with Gasteiger partial charge in [-0.15, -0.1) is 0 Å². The van der Waals surface area contributed by atoms with E-state index >= 15 is 0 Å².